The van der Waals surface area contributed by atoms with Crippen LogP contribution >= 0.6 is 0 Å². The summed E-state index contributed by atoms with van der Waals surface area (Å²) in [5.74, 6) is 0.877. The number of primary sulfonamides is 1. The summed E-state index contributed by atoms with van der Waals surface area (Å²) in [6, 6.07) is 11.3. The number of benzene rings is 2. The van der Waals surface area contributed by atoms with E-state index in [1.165, 1.54) is 11.6 Å². The van der Waals surface area contributed by atoms with Crippen molar-refractivity contribution in [2.75, 3.05) is 20.2 Å². The number of nitrogens with one attached hydrogen (secondary N) is 1. The Morgan fingerprint density at radius 3 is 2.70 bits per heavy atom. The smallest absolute Gasteiger partial charge is 0.238 e. The van der Waals surface area contributed by atoms with E-state index in [4.69, 9.17) is 9.88 Å². The number of unbranched alkanes of at least 4 members (excludes halogenated alkanes) is 1. The fourth-order valence-corrected chi connectivity index (χ4v) is 4.89. The predicted molar refractivity (Wildman–Crippen MR) is 118 cm³/mol. The number of hydrogen-bond donors (Lipinski definition) is 2. The average Bonchev–Trinajstić information content (AvgIpc) is 3.20. The number of methoxy groups -OCH3 is 1. The Bertz CT molecular complexity index is 1000. The van der Waals surface area contributed by atoms with E-state index in [0.717, 1.165) is 62.1 Å². The molecule has 0 radical (unpaired) electrons. The Labute approximate surface area is 178 Å². The van der Waals surface area contributed by atoms with Gasteiger partial charge in [0.25, 0.3) is 0 Å². The maximum absolute atomic E-state index is 12.6. The van der Waals surface area contributed by atoms with Crippen LogP contribution in [0.3, 0.4) is 0 Å². The molecule has 0 unspecified atom stereocenters. The Morgan fingerprint density at radius 2 is 1.93 bits per heavy atom. The minimum absolute atomic E-state index is 0.0244. The predicted octanol–water partition coefficient (Wildman–Crippen LogP) is 3.02. The summed E-state index contributed by atoms with van der Waals surface area (Å²) in [4.78, 5) is 12.7. The second-order valence-corrected chi connectivity index (χ2v) is 9.23. The number of ketones is 1. The van der Waals surface area contributed by atoms with Gasteiger partial charge in [0.1, 0.15) is 5.75 Å². The third kappa shape index (κ3) is 5.68. The number of carbonyl (C=O) groups is 1. The van der Waals surface area contributed by atoms with Crippen molar-refractivity contribution in [3.63, 3.8) is 0 Å². The Hall–Kier alpha value is -2.22. The Morgan fingerprint density at radius 1 is 1.13 bits per heavy atom. The fourth-order valence-electron chi connectivity index (χ4n) is 4.02. The fraction of sp³-hybridized carbons (Fsp3) is 0.435. The van der Waals surface area contributed by atoms with E-state index in [0.29, 0.717) is 18.4 Å². The number of sulfonamides is 1. The summed E-state index contributed by atoms with van der Waals surface area (Å²) in [5.41, 5.74) is 3.37. The average molecular weight is 431 g/mol. The Kier molecular flexibility index (Phi) is 7.64. The van der Waals surface area contributed by atoms with Gasteiger partial charge in [0, 0.05) is 12.0 Å². The highest BCUT2D eigenvalue weighted by Gasteiger charge is 2.23. The number of carbonyl (C=O) groups excluding carboxylic acids is 1. The van der Waals surface area contributed by atoms with Crippen LogP contribution in [-0.4, -0.2) is 34.4 Å². The van der Waals surface area contributed by atoms with Gasteiger partial charge in [-0.3, -0.25) is 4.79 Å². The van der Waals surface area contributed by atoms with Crippen LogP contribution in [0.15, 0.2) is 41.3 Å². The summed E-state index contributed by atoms with van der Waals surface area (Å²) in [7, 11) is -2.14. The van der Waals surface area contributed by atoms with Crippen LogP contribution in [0.1, 0.15) is 52.7 Å². The maximum atomic E-state index is 12.6. The molecular weight excluding hydrogens is 400 g/mol. The summed E-state index contributed by atoms with van der Waals surface area (Å²) < 4.78 is 29.2. The zero-order valence-corrected chi connectivity index (χ0v) is 18.3. The molecule has 0 heterocycles. The topological polar surface area (TPSA) is 98.5 Å². The van der Waals surface area contributed by atoms with E-state index in [9.17, 15) is 13.2 Å². The van der Waals surface area contributed by atoms with Crippen molar-refractivity contribution in [1.82, 2.24) is 5.32 Å². The van der Waals surface area contributed by atoms with Crippen LogP contribution in [0.5, 0.6) is 5.75 Å². The van der Waals surface area contributed by atoms with Crippen molar-refractivity contribution in [3.05, 3.63) is 58.7 Å². The number of Topliss-reactive ketones (excluding diaryl/α,β-unsaturated/α-hetero) is 1. The third-order valence-electron chi connectivity index (χ3n) is 5.57. The summed E-state index contributed by atoms with van der Waals surface area (Å²) in [5, 5.41) is 8.77. The lowest BCUT2D eigenvalue weighted by atomic mass is 10.0. The molecule has 162 valence electrons. The van der Waals surface area contributed by atoms with E-state index >= 15 is 0 Å². The second kappa shape index (κ2) is 10.2. The number of rotatable bonds is 11. The quantitative estimate of drug-likeness (QED) is 0.422. The Balaban J connectivity index is 1.44. The molecule has 7 heteroatoms. The van der Waals surface area contributed by atoms with Crippen LogP contribution in [0.25, 0.3) is 0 Å². The summed E-state index contributed by atoms with van der Waals surface area (Å²) in [6.07, 6.45) is 5.32. The van der Waals surface area contributed by atoms with E-state index in [1.54, 1.807) is 7.11 Å². The van der Waals surface area contributed by atoms with Crippen LogP contribution in [0.2, 0.25) is 0 Å². The van der Waals surface area contributed by atoms with Crippen molar-refractivity contribution < 1.29 is 17.9 Å². The summed E-state index contributed by atoms with van der Waals surface area (Å²) in [6.45, 7) is 1.67. The van der Waals surface area contributed by atoms with E-state index in [1.807, 2.05) is 24.3 Å². The van der Waals surface area contributed by atoms with Crippen LogP contribution < -0.4 is 15.2 Å². The molecule has 0 saturated heterocycles. The SMILES string of the molecule is COc1ccccc1CCNCCCCC(=O)c1cc2c(c(S(N)(=O)=O)c1)CCC2. The van der Waals surface area contributed by atoms with Gasteiger partial charge < -0.3 is 10.1 Å². The lowest BCUT2D eigenvalue weighted by molar-refractivity contribution is 0.0979. The molecular formula is C23H30N2O4S. The van der Waals surface area contributed by atoms with Crippen molar-refractivity contribution in [3.8, 4) is 5.75 Å². The molecule has 0 aliphatic heterocycles. The molecule has 0 bridgehead atoms. The van der Waals surface area contributed by atoms with Gasteiger partial charge in [-0.2, -0.15) is 0 Å². The first kappa shape index (κ1) is 22.5. The molecule has 0 amide bonds. The van der Waals surface area contributed by atoms with E-state index in [-0.39, 0.29) is 10.7 Å². The standard InChI is InChI=1S/C23H30N2O4S/c1-29-22-11-3-2-7-17(22)12-14-25-13-5-4-10-21(26)19-15-18-8-6-9-20(18)23(16-19)30(24,27)28/h2-3,7,11,15-16,25H,4-6,8-10,12-14H2,1H3,(H2,24,27,28). The van der Waals surface area contributed by atoms with Gasteiger partial charge in [-0.1, -0.05) is 18.2 Å². The highest BCUT2D eigenvalue weighted by atomic mass is 32.2. The number of fused-ring (bicyclic) bond motifs is 1. The maximum Gasteiger partial charge on any atom is 0.238 e. The first-order valence-electron chi connectivity index (χ1n) is 10.4. The van der Waals surface area contributed by atoms with E-state index in [2.05, 4.69) is 11.4 Å². The minimum atomic E-state index is -3.82. The monoisotopic (exact) mass is 430 g/mol. The molecule has 0 atom stereocenters. The second-order valence-electron chi connectivity index (χ2n) is 7.70. The molecule has 3 N–H and O–H groups in total. The first-order valence-corrected chi connectivity index (χ1v) is 12.0. The van der Waals surface area contributed by atoms with Crippen molar-refractivity contribution in [2.45, 2.75) is 49.8 Å². The molecule has 3 rings (SSSR count). The zero-order valence-electron chi connectivity index (χ0n) is 17.4. The van der Waals surface area contributed by atoms with Gasteiger partial charge in [-0.05, 0) is 86.5 Å². The van der Waals surface area contributed by atoms with Crippen LogP contribution in [0.4, 0.5) is 0 Å². The molecule has 0 fully saturated rings. The highest BCUT2D eigenvalue weighted by molar-refractivity contribution is 7.89. The van der Waals surface area contributed by atoms with E-state index < -0.39 is 10.0 Å². The third-order valence-corrected chi connectivity index (χ3v) is 6.55. The largest absolute Gasteiger partial charge is 0.496 e. The molecule has 6 nitrogen and oxygen atoms in total. The van der Waals surface area contributed by atoms with Crippen molar-refractivity contribution in [2.24, 2.45) is 5.14 Å². The van der Waals surface area contributed by atoms with Crippen molar-refractivity contribution >= 4 is 15.8 Å². The highest BCUT2D eigenvalue weighted by Crippen LogP contribution is 2.30. The molecule has 0 spiro atoms. The van der Waals surface area contributed by atoms with Crippen LogP contribution in [0, 0.1) is 0 Å². The molecule has 2 aromatic carbocycles. The number of hydrogen-bond acceptors (Lipinski definition) is 5. The van der Waals surface area contributed by atoms with Gasteiger partial charge in [-0.15, -0.1) is 0 Å². The van der Waals surface area contributed by atoms with Crippen LogP contribution in [-0.2, 0) is 29.3 Å². The van der Waals surface area contributed by atoms with Gasteiger partial charge in [0.15, 0.2) is 5.78 Å². The van der Waals surface area contributed by atoms with Crippen molar-refractivity contribution in [1.29, 1.82) is 0 Å². The molecule has 0 saturated carbocycles. The molecule has 0 aromatic heterocycles. The number of para-hydroxylation sites is 1. The van der Waals surface area contributed by atoms with Gasteiger partial charge in [0.2, 0.25) is 10.0 Å². The van der Waals surface area contributed by atoms with Gasteiger partial charge in [-0.25, -0.2) is 13.6 Å². The lowest BCUT2D eigenvalue weighted by Crippen LogP contribution is -2.19. The lowest BCUT2D eigenvalue weighted by Gasteiger charge is -2.10. The molecule has 30 heavy (non-hydrogen) atoms. The zero-order chi connectivity index (χ0) is 21.6. The van der Waals surface area contributed by atoms with Gasteiger partial charge >= 0.3 is 0 Å². The number of nitrogens with two attached hydrogens (primary N) is 1. The first-order chi connectivity index (χ1) is 14.4. The van der Waals surface area contributed by atoms with Gasteiger partial charge in [0.05, 0.1) is 12.0 Å². The number of ether oxygens (including phenoxy) is 1. The molecule has 2 aromatic rings. The number of aryl methyl sites for hydroxylation is 1. The minimum Gasteiger partial charge on any atom is -0.496 e. The molecule has 1 aliphatic carbocycles. The molecule has 1 aliphatic rings. The normalized spacial score (nSPS) is 13.3. The summed E-state index contributed by atoms with van der Waals surface area (Å²) >= 11 is 0.